The van der Waals surface area contributed by atoms with Gasteiger partial charge < -0.3 is 4.90 Å². The van der Waals surface area contributed by atoms with Crippen LogP contribution in [-0.2, 0) is 6.54 Å². The van der Waals surface area contributed by atoms with Gasteiger partial charge in [-0.1, -0.05) is 0 Å². The second-order valence-corrected chi connectivity index (χ2v) is 6.87. The number of fused-ring (bicyclic) bond motifs is 1. The molecule has 0 spiro atoms. The highest BCUT2D eigenvalue weighted by atomic mass is 35.5. The lowest BCUT2D eigenvalue weighted by Gasteiger charge is -2.17. The Morgan fingerprint density at radius 2 is 2.07 bits per heavy atom. The largest absolute Gasteiger partial charge is 0.351 e. The molecule has 1 saturated heterocycles. The molecule has 2 aliphatic rings. The Bertz CT molecular complexity index is 1060. The molecule has 7 nitrogen and oxygen atoms in total. The Hall–Kier alpha value is -3.07. The third kappa shape index (κ3) is 3.31. The van der Waals surface area contributed by atoms with Gasteiger partial charge in [0.1, 0.15) is 6.17 Å². The van der Waals surface area contributed by atoms with E-state index in [2.05, 4.69) is 15.1 Å². The van der Waals surface area contributed by atoms with Crippen molar-refractivity contribution in [1.82, 2.24) is 19.7 Å². The average Bonchev–Trinajstić information content (AvgIpc) is 3.39. The molecule has 1 amide bonds. The van der Waals surface area contributed by atoms with Gasteiger partial charge in [0.2, 0.25) is 0 Å². The molecule has 150 valence electrons. The van der Waals surface area contributed by atoms with E-state index in [-0.39, 0.29) is 30.8 Å². The van der Waals surface area contributed by atoms with E-state index in [4.69, 9.17) is 0 Å². The van der Waals surface area contributed by atoms with E-state index in [1.807, 2.05) is 0 Å². The number of nitrogens with zero attached hydrogens (tertiary/aromatic N) is 6. The van der Waals surface area contributed by atoms with Crippen LogP contribution in [-0.4, -0.2) is 45.0 Å². The fraction of sp³-hybridized carbons (Fsp3) is 0.263. The first kappa shape index (κ1) is 19.3. The van der Waals surface area contributed by atoms with Crippen LogP contribution >= 0.6 is 12.4 Å². The molecule has 10 heteroatoms. The van der Waals surface area contributed by atoms with Crippen LogP contribution in [0.1, 0.15) is 12.1 Å². The van der Waals surface area contributed by atoms with Crippen molar-refractivity contribution in [1.29, 1.82) is 0 Å². The molecule has 29 heavy (non-hydrogen) atoms. The lowest BCUT2D eigenvalue weighted by atomic mass is 10.2. The van der Waals surface area contributed by atoms with Crippen LogP contribution in [0, 0.1) is 5.82 Å². The molecule has 0 aliphatic carbocycles. The second kappa shape index (κ2) is 7.40. The van der Waals surface area contributed by atoms with Gasteiger partial charge in [0, 0.05) is 24.5 Å². The average molecular weight is 419 g/mol. The zero-order valence-electron chi connectivity index (χ0n) is 15.2. The van der Waals surface area contributed by atoms with Crippen molar-refractivity contribution in [2.75, 3.05) is 22.9 Å². The van der Waals surface area contributed by atoms with E-state index in [0.717, 1.165) is 0 Å². The predicted octanol–water partition coefficient (Wildman–Crippen LogP) is 3.44. The van der Waals surface area contributed by atoms with Crippen molar-refractivity contribution in [2.24, 2.45) is 0 Å². The summed E-state index contributed by atoms with van der Waals surface area (Å²) in [5, 5.41) is 4.32. The van der Waals surface area contributed by atoms with E-state index < -0.39 is 12.0 Å². The van der Waals surface area contributed by atoms with Crippen LogP contribution in [0.25, 0.3) is 11.3 Å². The number of pyridine rings is 2. The van der Waals surface area contributed by atoms with E-state index in [1.54, 1.807) is 40.4 Å². The molecule has 5 rings (SSSR count). The van der Waals surface area contributed by atoms with Gasteiger partial charge in [-0.2, -0.15) is 9.78 Å². The lowest BCUT2D eigenvalue weighted by molar-refractivity contribution is 0.248. The van der Waals surface area contributed by atoms with Crippen molar-refractivity contribution in [3.63, 3.8) is 0 Å². The van der Waals surface area contributed by atoms with Crippen molar-refractivity contribution in [3.8, 4) is 11.3 Å². The van der Waals surface area contributed by atoms with Crippen molar-refractivity contribution >= 4 is 29.9 Å². The summed E-state index contributed by atoms with van der Waals surface area (Å²) in [7, 11) is 0. The van der Waals surface area contributed by atoms with Crippen LogP contribution < -0.4 is 9.80 Å². The van der Waals surface area contributed by atoms with Crippen LogP contribution in [0.3, 0.4) is 0 Å². The van der Waals surface area contributed by atoms with Crippen LogP contribution in [0.4, 0.5) is 25.1 Å². The summed E-state index contributed by atoms with van der Waals surface area (Å²) >= 11 is 0. The van der Waals surface area contributed by atoms with Crippen molar-refractivity contribution < 1.29 is 13.6 Å². The lowest BCUT2D eigenvalue weighted by Crippen LogP contribution is -2.26. The van der Waals surface area contributed by atoms with Gasteiger partial charge in [0.25, 0.3) is 0 Å². The molecule has 1 atom stereocenters. The summed E-state index contributed by atoms with van der Waals surface area (Å²) in [6.07, 6.45) is 4.19. The molecule has 0 saturated carbocycles. The zero-order valence-corrected chi connectivity index (χ0v) is 16.0. The number of halogens is 3. The number of hydrogen-bond acceptors (Lipinski definition) is 5. The number of carbonyl (C=O) groups is 1. The number of rotatable bonds is 3. The third-order valence-electron chi connectivity index (χ3n) is 5.02. The van der Waals surface area contributed by atoms with E-state index >= 15 is 0 Å². The molecule has 0 unspecified atom stereocenters. The summed E-state index contributed by atoms with van der Waals surface area (Å²) in [4.78, 5) is 24.0. The minimum absolute atomic E-state index is 0. The Morgan fingerprint density at radius 1 is 1.21 bits per heavy atom. The van der Waals surface area contributed by atoms with Crippen molar-refractivity contribution in [2.45, 2.75) is 19.1 Å². The van der Waals surface area contributed by atoms with Gasteiger partial charge in [0.15, 0.2) is 11.6 Å². The fourth-order valence-corrected chi connectivity index (χ4v) is 3.61. The third-order valence-corrected chi connectivity index (χ3v) is 5.02. The zero-order chi connectivity index (χ0) is 19.3. The van der Waals surface area contributed by atoms with Gasteiger partial charge in [-0.3, -0.25) is 9.88 Å². The minimum atomic E-state index is -0.953. The van der Waals surface area contributed by atoms with Crippen LogP contribution in [0.5, 0.6) is 0 Å². The number of anilines is 2. The maximum atomic E-state index is 14.5. The maximum Gasteiger partial charge on any atom is 0.349 e. The van der Waals surface area contributed by atoms with E-state index in [0.29, 0.717) is 42.1 Å². The first-order chi connectivity index (χ1) is 13.6. The summed E-state index contributed by atoms with van der Waals surface area (Å²) in [5.41, 5.74) is 2.33. The van der Waals surface area contributed by atoms with Crippen molar-refractivity contribution in [3.05, 3.63) is 54.4 Å². The first-order valence-electron chi connectivity index (χ1n) is 8.96. The molecular formula is C19H17ClF2N6O. The molecule has 2 aliphatic heterocycles. The Morgan fingerprint density at radius 3 is 2.72 bits per heavy atom. The topological polar surface area (TPSA) is 67.2 Å². The number of alkyl halides is 1. The number of hydrogen-bond donors (Lipinski definition) is 0. The van der Waals surface area contributed by atoms with Crippen LogP contribution in [0.15, 0.2) is 42.9 Å². The van der Waals surface area contributed by atoms with E-state index in [1.165, 1.54) is 16.9 Å². The molecule has 3 aromatic rings. The fourth-order valence-electron chi connectivity index (χ4n) is 3.61. The SMILES string of the molecule is Cl.O=C1N(c2cccnc2)Cc2cc(-c3cnc(N4CC[C@H](F)C4)c(F)c3)nn21. The molecule has 0 N–H and O–H groups in total. The maximum absolute atomic E-state index is 14.5. The Kier molecular flexibility index (Phi) is 4.91. The van der Waals surface area contributed by atoms with Gasteiger partial charge >= 0.3 is 6.03 Å². The van der Waals surface area contributed by atoms with E-state index in [9.17, 15) is 13.6 Å². The highest BCUT2D eigenvalue weighted by Crippen LogP contribution is 2.30. The van der Waals surface area contributed by atoms with Crippen LogP contribution in [0.2, 0.25) is 0 Å². The van der Waals surface area contributed by atoms with Gasteiger partial charge in [-0.25, -0.2) is 18.6 Å². The molecule has 1 fully saturated rings. The summed E-state index contributed by atoms with van der Waals surface area (Å²) in [5.74, 6) is -0.377. The highest BCUT2D eigenvalue weighted by molar-refractivity contribution is 5.96. The second-order valence-electron chi connectivity index (χ2n) is 6.87. The molecule has 3 aromatic heterocycles. The number of amides is 1. The standard InChI is InChI=1S/C19H16F2N6O.ClH/c20-13-3-5-25(10-13)18-16(21)6-12(8-23-18)17-7-15-11-26(19(28)27(15)24-17)14-2-1-4-22-9-14;/h1-2,4,6-9,13H,3,5,10-11H2;1H/t13-;/m0./s1. The molecule has 0 aromatic carbocycles. The summed E-state index contributed by atoms with van der Waals surface area (Å²) in [6.45, 7) is 0.958. The predicted molar refractivity (Wildman–Crippen MR) is 106 cm³/mol. The highest BCUT2D eigenvalue weighted by Gasteiger charge is 2.31. The summed E-state index contributed by atoms with van der Waals surface area (Å²) < 4.78 is 29.2. The smallest absolute Gasteiger partial charge is 0.349 e. The molecule has 5 heterocycles. The molecule has 0 bridgehead atoms. The monoisotopic (exact) mass is 418 g/mol. The first-order valence-corrected chi connectivity index (χ1v) is 8.96. The quantitative estimate of drug-likeness (QED) is 0.652. The van der Waals surface area contributed by atoms with Gasteiger partial charge in [0.05, 0.1) is 36.4 Å². The minimum Gasteiger partial charge on any atom is -0.351 e. The normalized spacial score (nSPS) is 18.1. The van der Waals surface area contributed by atoms with Gasteiger partial charge in [-0.15, -0.1) is 12.4 Å². The molecule has 0 radical (unpaired) electrons. The summed E-state index contributed by atoms with van der Waals surface area (Å²) in [6, 6.07) is 6.35. The van der Waals surface area contributed by atoms with Gasteiger partial charge in [-0.05, 0) is 30.7 Å². The Labute approximate surface area is 171 Å². The molecular weight excluding hydrogens is 402 g/mol. The number of aromatic nitrogens is 4. The Balaban J connectivity index is 0.00000205. The number of carbonyl (C=O) groups excluding carboxylic acids is 1.